The monoisotopic (exact) mass is 215 g/mol. The van der Waals surface area contributed by atoms with Crippen molar-refractivity contribution in [1.29, 1.82) is 0 Å². The Morgan fingerprint density at radius 2 is 2.40 bits per heavy atom. The van der Waals surface area contributed by atoms with E-state index in [-0.39, 0.29) is 12.5 Å². The molecule has 0 aromatic rings. The molecular formula is C11H21NO3. The molecule has 0 aliphatic carbocycles. The third kappa shape index (κ3) is 4.18. The summed E-state index contributed by atoms with van der Waals surface area (Å²) in [5.74, 6) is -0.112. The first-order valence-corrected chi connectivity index (χ1v) is 5.67. The van der Waals surface area contributed by atoms with Crippen molar-refractivity contribution in [3.8, 4) is 0 Å². The van der Waals surface area contributed by atoms with Crippen LogP contribution in [0.3, 0.4) is 0 Å². The van der Waals surface area contributed by atoms with Crippen LogP contribution in [0.5, 0.6) is 0 Å². The van der Waals surface area contributed by atoms with Crippen LogP contribution in [0, 0.1) is 5.92 Å². The van der Waals surface area contributed by atoms with Gasteiger partial charge < -0.3 is 9.84 Å². The van der Waals surface area contributed by atoms with Gasteiger partial charge in [-0.25, -0.2) is 0 Å². The molecule has 0 aromatic carbocycles. The number of ether oxygens (including phenoxy) is 1. The molecule has 0 radical (unpaired) electrons. The van der Waals surface area contributed by atoms with E-state index >= 15 is 0 Å². The van der Waals surface area contributed by atoms with Gasteiger partial charge in [-0.3, -0.25) is 9.69 Å². The summed E-state index contributed by atoms with van der Waals surface area (Å²) in [6.45, 7) is 7.50. The zero-order valence-corrected chi connectivity index (χ0v) is 9.61. The molecule has 2 unspecified atom stereocenters. The molecule has 4 heteroatoms. The third-order valence-corrected chi connectivity index (χ3v) is 3.00. The first kappa shape index (κ1) is 12.5. The number of carboxylic acid groups (broad SMARTS) is 1. The van der Waals surface area contributed by atoms with Crippen molar-refractivity contribution in [2.45, 2.75) is 32.7 Å². The summed E-state index contributed by atoms with van der Waals surface area (Å²) in [4.78, 5) is 12.9. The summed E-state index contributed by atoms with van der Waals surface area (Å²) in [5, 5.41) is 8.79. The van der Waals surface area contributed by atoms with Crippen molar-refractivity contribution in [2.24, 2.45) is 5.92 Å². The summed E-state index contributed by atoms with van der Waals surface area (Å²) in [6, 6.07) is 0.0604. The minimum atomic E-state index is -0.736. The van der Waals surface area contributed by atoms with E-state index in [0.29, 0.717) is 12.5 Å². The Hall–Kier alpha value is -0.610. The fourth-order valence-corrected chi connectivity index (χ4v) is 1.85. The summed E-state index contributed by atoms with van der Waals surface area (Å²) in [7, 11) is 0. The van der Waals surface area contributed by atoms with Gasteiger partial charge in [-0.1, -0.05) is 20.3 Å². The maximum Gasteiger partial charge on any atom is 0.305 e. The lowest BCUT2D eigenvalue weighted by atomic mass is 10.1. The molecule has 88 valence electrons. The summed E-state index contributed by atoms with van der Waals surface area (Å²) in [5.41, 5.74) is 0. The predicted octanol–water partition coefficient (Wildman–Crippen LogP) is 1.21. The lowest BCUT2D eigenvalue weighted by Crippen LogP contribution is -2.48. The molecule has 0 bridgehead atoms. The van der Waals surface area contributed by atoms with E-state index in [9.17, 15) is 4.79 Å². The van der Waals surface area contributed by atoms with E-state index in [1.165, 1.54) is 0 Å². The predicted molar refractivity (Wildman–Crippen MR) is 57.9 cm³/mol. The molecule has 1 rings (SSSR count). The van der Waals surface area contributed by atoms with Crippen LogP contribution in [-0.2, 0) is 9.53 Å². The molecule has 0 saturated carbocycles. The molecule has 1 fully saturated rings. The molecule has 0 amide bonds. The number of nitrogens with zero attached hydrogens (tertiary/aromatic N) is 1. The van der Waals surface area contributed by atoms with Crippen molar-refractivity contribution in [1.82, 2.24) is 4.90 Å². The van der Waals surface area contributed by atoms with Gasteiger partial charge in [0.25, 0.3) is 0 Å². The fourth-order valence-electron chi connectivity index (χ4n) is 1.85. The van der Waals surface area contributed by atoms with Gasteiger partial charge in [0, 0.05) is 19.1 Å². The third-order valence-electron chi connectivity index (χ3n) is 3.00. The highest BCUT2D eigenvalue weighted by Crippen LogP contribution is 2.14. The van der Waals surface area contributed by atoms with E-state index in [1.807, 2.05) is 0 Å². The SMILES string of the molecule is CCC(C)CN1CCOCC1CC(=O)O. The minimum absolute atomic E-state index is 0.0604. The summed E-state index contributed by atoms with van der Waals surface area (Å²) in [6.07, 6.45) is 1.33. The molecule has 1 N–H and O–H groups in total. The summed E-state index contributed by atoms with van der Waals surface area (Å²) >= 11 is 0. The van der Waals surface area contributed by atoms with Gasteiger partial charge in [0.05, 0.1) is 19.6 Å². The lowest BCUT2D eigenvalue weighted by molar-refractivity contribution is -0.140. The highest BCUT2D eigenvalue weighted by atomic mass is 16.5. The first-order chi connectivity index (χ1) is 7.13. The topological polar surface area (TPSA) is 49.8 Å². The molecule has 15 heavy (non-hydrogen) atoms. The maximum absolute atomic E-state index is 10.7. The van der Waals surface area contributed by atoms with E-state index in [2.05, 4.69) is 18.7 Å². The van der Waals surface area contributed by atoms with Crippen LogP contribution in [0.25, 0.3) is 0 Å². The molecule has 1 saturated heterocycles. The summed E-state index contributed by atoms with van der Waals surface area (Å²) < 4.78 is 5.32. The second-order valence-corrected chi connectivity index (χ2v) is 4.33. The molecule has 4 nitrogen and oxygen atoms in total. The zero-order chi connectivity index (χ0) is 11.3. The maximum atomic E-state index is 10.7. The van der Waals surface area contributed by atoms with Crippen molar-refractivity contribution in [3.63, 3.8) is 0 Å². The van der Waals surface area contributed by atoms with Crippen LogP contribution >= 0.6 is 0 Å². The van der Waals surface area contributed by atoms with Gasteiger partial charge in [0.1, 0.15) is 0 Å². The van der Waals surface area contributed by atoms with E-state index < -0.39 is 5.97 Å². The van der Waals surface area contributed by atoms with Gasteiger partial charge >= 0.3 is 5.97 Å². The average Bonchev–Trinajstić information content (AvgIpc) is 2.20. The first-order valence-electron chi connectivity index (χ1n) is 5.67. The lowest BCUT2D eigenvalue weighted by Gasteiger charge is -2.36. The van der Waals surface area contributed by atoms with Crippen molar-refractivity contribution < 1.29 is 14.6 Å². The highest BCUT2D eigenvalue weighted by molar-refractivity contribution is 5.67. The quantitative estimate of drug-likeness (QED) is 0.749. The number of morpholine rings is 1. The number of carbonyl (C=O) groups is 1. The largest absolute Gasteiger partial charge is 0.481 e. The van der Waals surface area contributed by atoms with Crippen LogP contribution < -0.4 is 0 Å². The smallest absolute Gasteiger partial charge is 0.305 e. The van der Waals surface area contributed by atoms with Gasteiger partial charge in [0.15, 0.2) is 0 Å². The Balaban J connectivity index is 2.45. The second-order valence-electron chi connectivity index (χ2n) is 4.33. The Bertz CT molecular complexity index is 208. The highest BCUT2D eigenvalue weighted by Gasteiger charge is 2.25. The van der Waals surface area contributed by atoms with Crippen LogP contribution in [0.2, 0.25) is 0 Å². The van der Waals surface area contributed by atoms with Crippen LogP contribution in [-0.4, -0.2) is 48.3 Å². The van der Waals surface area contributed by atoms with Crippen molar-refractivity contribution >= 4 is 5.97 Å². The number of hydrogen-bond acceptors (Lipinski definition) is 3. The number of carboxylic acids is 1. The molecule has 0 spiro atoms. The fraction of sp³-hybridized carbons (Fsp3) is 0.909. The molecule has 1 aliphatic heterocycles. The number of hydrogen-bond donors (Lipinski definition) is 1. The molecule has 1 heterocycles. The normalized spacial score (nSPS) is 25.1. The molecular weight excluding hydrogens is 194 g/mol. The van der Waals surface area contributed by atoms with E-state index in [1.54, 1.807) is 0 Å². The Labute approximate surface area is 91.2 Å². The number of rotatable bonds is 5. The van der Waals surface area contributed by atoms with Crippen molar-refractivity contribution in [3.05, 3.63) is 0 Å². The Morgan fingerprint density at radius 1 is 1.67 bits per heavy atom. The zero-order valence-electron chi connectivity index (χ0n) is 9.61. The van der Waals surface area contributed by atoms with Gasteiger partial charge in [-0.05, 0) is 5.92 Å². The molecule has 1 aliphatic rings. The average molecular weight is 215 g/mol. The minimum Gasteiger partial charge on any atom is -0.481 e. The van der Waals surface area contributed by atoms with E-state index in [4.69, 9.17) is 9.84 Å². The van der Waals surface area contributed by atoms with Crippen LogP contribution in [0.1, 0.15) is 26.7 Å². The van der Waals surface area contributed by atoms with Crippen LogP contribution in [0.15, 0.2) is 0 Å². The van der Waals surface area contributed by atoms with Gasteiger partial charge in [-0.2, -0.15) is 0 Å². The molecule has 0 aromatic heterocycles. The van der Waals surface area contributed by atoms with E-state index in [0.717, 1.165) is 26.1 Å². The number of aliphatic carboxylic acids is 1. The molecule has 2 atom stereocenters. The van der Waals surface area contributed by atoms with Gasteiger partial charge in [0.2, 0.25) is 0 Å². The van der Waals surface area contributed by atoms with Crippen molar-refractivity contribution in [2.75, 3.05) is 26.3 Å². The van der Waals surface area contributed by atoms with Gasteiger partial charge in [-0.15, -0.1) is 0 Å². The second kappa shape index (κ2) is 6.08. The standard InChI is InChI=1S/C11H21NO3/c1-3-9(2)7-12-4-5-15-8-10(12)6-11(13)14/h9-10H,3-8H2,1-2H3,(H,13,14). The Kier molecular flexibility index (Phi) is 5.05. The van der Waals surface area contributed by atoms with Crippen LogP contribution in [0.4, 0.5) is 0 Å². The Morgan fingerprint density at radius 3 is 3.00 bits per heavy atom.